The number of nitrogens with one attached hydrogen (secondary N) is 3. The number of carbonyl (C=O) groups is 6. The van der Waals surface area contributed by atoms with Crippen LogP contribution in [0.2, 0.25) is 0 Å². The molecule has 1 rings (SSSR count). The molecule has 0 saturated carbocycles. The van der Waals surface area contributed by atoms with Gasteiger partial charge in [0, 0.05) is 12.7 Å². The number of nitrogens with two attached hydrogens (primary N) is 2. The zero-order chi connectivity index (χ0) is 24.8. The van der Waals surface area contributed by atoms with Crippen LogP contribution in [0.15, 0.2) is 18.2 Å². The summed E-state index contributed by atoms with van der Waals surface area (Å²) in [6.45, 7) is 3.24. The third-order valence-corrected chi connectivity index (χ3v) is 4.64. The number of nitrogens with zero attached hydrogens (tertiary/aromatic N) is 1. The molecule has 0 radical (unpaired) electrons. The van der Waals surface area contributed by atoms with E-state index in [4.69, 9.17) is 16.3 Å². The topological polar surface area (TPSA) is 203 Å². The molecule has 1 aromatic carbocycles. The van der Waals surface area contributed by atoms with Crippen molar-refractivity contribution < 1.29 is 33.5 Å². The maximum atomic E-state index is 12.9. The van der Waals surface area contributed by atoms with Crippen LogP contribution in [0.5, 0.6) is 5.75 Å². The first-order valence-electron chi connectivity index (χ1n) is 9.23. The number of methoxy groups -OCH3 is 1. The average Bonchev–Trinajstić information content (AvgIpc) is 2.77. The molecule has 174 valence electrons. The summed E-state index contributed by atoms with van der Waals surface area (Å²) in [5, 5.41) is 4.41. The molecule has 5 amide bonds. The summed E-state index contributed by atoms with van der Waals surface area (Å²) in [7, 11) is 2.51. The molecule has 0 saturated heterocycles. The number of amides is 5. The fourth-order valence-corrected chi connectivity index (χ4v) is 2.72. The molecule has 0 spiro atoms. The van der Waals surface area contributed by atoms with Gasteiger partial charge in [0.15, 0.2) is 11.3 Å². The zero-order valence-electron chi connectivity index (χ0n) is 18.3. The number of ether oxygens (including phenoxy) is 1. The van der Waals surface area contributed by atoms with Gasteiger partial charge in [-0.3, -0.25) is 39.1 Å². The van der Waals surface area contributed by atoms with Gasteiger partial charge in [0.25, 0.3) is 11.8 Å². The number of anilines is 1. The Hall–Kier alpha value is -3.84. The number of hydrogen-bond donors (Lipinski definition) is 5. The van der Waals surface area contributed by atoms with Crippen LogP contribution < -0.4 is 32.4 Å². The molecule has 2 atom stereocenters. The van der Waals surface area contributed by atoms with E-state index in [1.54, 1.807) is 0 Å². The number of rotatable bonds is 7. The largest absolute Gasteiger partial charge is 0.496 e. The standard InChI is InChI=1S/C19H26N6O7/c1-9(20)16(29)25(19(3,10(2)26)18(31)22-4)17(30)15(28)23-11-6-7-13(32-5)12(8-11)14(27)24-21/h6-9H,20-21H2,1-5H3,(H,22,31)(H,23,28)(H,24,27)/t9-,19+/m0/s1. The minimum atomic E-state index is -2.33. The van der Waals surface area contributed by atoms with Crippen molar-refractivity contribution >= 4 is 41.0 Å². The molecular formula is C19H26N6O7. The van der Waals surface area contributed by atoms with Crippen molar-refractivity contribution in [2.45, 2.75) is 32.4 Å². The first-order valence-corrected chi connectivity index (χ1v) is 9.23. The number of nitrogen functional groups attached to an aromatic ring is 1. The van der Waals surface area contributed by atoms with E-state index in [1.165, 1.54) is 39.3 Å². The zero-order valence-corrected chi connectivity index (χ0v) is 18.3. The van der Waals surface area contributed by atoms with Crippen LogP contribution in [0.3, 0.4) is 0 Å². The molecule has 0 aliphatic rings. The smallest absolute Gasteiger partial charge is 0.320 e. The molecule has 0 bridgehead atoms. The van der Waals surface area contributed by atoms with E-state index in [-0.39, 0.29) is 21.9 Å². The highest BCUT2D eigenvalue weighted by molar-refractivity contribution is 6.43. The fourth-order valence-electron chi connectivity index (χ4n) is 2.72. The monoisotopic (exact) mass is 450 g/mol. The van der Waals surface area contributed by atoms with E-state index in [9.17, 15) is 28.8 Å². The molecule has 13 heteroatoms. The minimum Gasteiger partial charge on any atom is -0.496 e. The highest BCUT2D eigenvalue weighted by Gasteiger charge is 2.51. The van der Waals surface area contributed by atoms with E-state index in [0.29, 0.717) is 0 Å². The molecule has 13 nitrogen and oxygen atoms in total. The molecule has 0 aliphatic carbocycles. The van der Waals surface area contributed by atoms with Crippen LogP contribution in [0.1, 0.15) is 31.1 Å². The van der Waals surface area contributed by atoms with Crippen molar-refractivity contribution in [2.24, 2.45) is 11.6 Å². The molecule has 0 heterocycles. The number of ketones is 1. The average molecular weight is 450 g/mol. The Kier molecular flexibility index (Phi) is 8.56. The fraction of sp³-hybridized carbons (Fsp3) is 0.368. The van der Waals surface area contributed by atoms with Crippen LogP contribution in [0, 0.1) is 0 Å². The Balaban J connectivity index is 3.43. The third kappa shape index (κ3) is 5.07. The first-order chi connectivity index (χ1) is 14.9. The van der Waals surface area contributed by atoms with Gasteiger partial charge in [-0.05, 0) is 39.0 Å². The van der Waals surface area contributed by atoms with Crippen LogP contribution >= 0.6 is 0 Å². The van der Waals surface area contributed by atoms with Crippen LogP contribution in [0.25, 0.3) is 0 Å². The maximum absolute atomic E-state index is 12.9. The normalized spacial score (nSPS) is 13.1. The number of hydrogen-bond acceptors (Lipinski definition) is 9. The number of likely N-dealkylation sites (N-methyl/N-ethyl adjacent to an activating group) is 1. The second-order valence-electron chi connectivity index (χ2n) is 6.82. The molecule has 0 unspecified atom stereocenters. The Bertz CT molecular complexity index is 961. The number of Topliss-reactive ketones (excluding diaryl/α,β-unsaturated/α-hetero) is 1. The molecule has 32 heavy (non-hydrogen) atoms. The van der Waals surface area contributed by atoms with Crippen LogP contribution in [-0.2, 0) is 24.0 Å². The van der Waals surface area contributed by atoms with Crippen LogP contribution in [0.4, 0.5) is 5.69 Å². The molecular weight excluding hydrogens is 424 g/mol. The number of carbonyl (C=O) groups excluding carboxylic acids is 6. The van der Waals surface area contributed by atoms with Crippen molar-refractivity contribution in [3.63, 3.8) is 0 Å². The van der Waals surface area contributed by atoms with Crippen molar-refractivity contribution in [1.29, 1.82) is 0 Å². The van der Waals surface area contributed by atoms with E-state index in [0.717, 1.165) is 13.8 Å². The van der Waals surface area contributed by atoms with Gasteiger partial charge >= 0.3 is 11.8 Å². The lowest BCUT2D eigenvalue weighted by atomic mass is 9.92. The Morgan fingerprint density at radius 1 is 1.16 bits per heavy atom. The summed E-state index contributed by atoms with van der Waals surface area (Å²) in [5.41, 5.74) is 5.07. The summed E-state index contributed by atoms with van der Waals surface area (Å²) in [5.74, 6) is -1.33. The van der Waals surface area contributed by atoms with Gasteiger partial charge in [0.2, 0.25) is 5.91 Å². The third-order valence-electron chi connectivity index (χ3n) is 4.64. The molecule has 7 N–H and O–H groups in total. The predicted octanol–water partition coefficient (Wildman–Crippen LogP) is -1.97. The van der Waals surface area contributed by atoms with Gasteiger partial charge in [-0.25, -0.2) is 5.84 Å². The van der Waals surface area contributed by atoms with E-state index in [2.05, 4.69) is 10.6 Å². The highest BCUT2D eigenvalue weighted by atomic mass is 16.5. The maximum Gasteiger partial charge on any atom is 0.320 e. The molecule has 0 aliphatic heterocycles. The number of benzene rings is 1. The summed E-state index contributed by atoms with van der Waals surface area (Å²) in [6.07, 6.45) is 0. The SMILES string of the molecule is CNC(=O)[C@@](C)(C(C)=O)N(C(=O)C(=O)Nc1ccc(OC)c(C(=O)NN)c1)C(=O)[C@H](C)N. The number of hydrazine groups is 1. The van der Waals surface area contributed by atoms with Gasteiger partial charge in [0.05, 0.1) is 18.7 Å². The molecule has 1 aromatic rings. The van der Waals surface area contributed by atoms with Gasteiger partial charge in [-0.1, -0.05) is 0 Å². The van der Waals surface area contributed by atoms with Crippen molar-refractivity contribution in [2.75, 3.05) is 19.5 Å². The minimum absolute atomic E-state index is 0.0274. The lowest BCUT2D eigenvalue weighted by molar-refractivity contribution is -0.164. The number of imide groups is 1. The van der Waals surface area contributed by atoms with Crippen molar-refractivity contribution in [1.82, 2.24) is 15.6 Å². The Morgan fingerprint density at radius 2 is 1.75 bits per heavy atom. The van der Waals surface area contributed by atoms with Gasteiger partial charge in [-0.15, -0.1) is 0 Å². The lowest BCUT2D eigenvalue weighted by Crippen LogP contribution is -2.67. The Labute approximate surface area is 183 Å². The van der Waals surface area contributed by atoms with Crippen molar-refractivity contribution in [3.05, 3.63) is 23.8 Å². The molecule has 0 fully saturated rings. The van der Waals surface area contributed by atoms with Gasteiger partial charge < -0.3 is 21.1 Å². The van der Waals surface area contributed by atoms with Gasteiger partial charge in [0.1, 0.15) is 5.75 Å². The van der Waals surface area contributed by atoms with E-state index in [1.807, 2.05) is 5.43 Å². The predicted molar refractivity (Wildman–Crippen MR) is 112 cm³/mol. The summed E-state index contributed by atoms with van der Waals surface area (Å²) < 4.78 is 5.04. The molecule has 0 aromatic heterocycles. The van der Waals surface area contributed by atoms with E-state index >= 15 is 0 Å². The van der Waals surface area contributed by atoms with Gasteiger partial charge in [-0.2, -0.15) is 0 Å². The summed E-state index contributed by atoms with van der Waals surface area (Å²) in [4.78, 5) is 75.1. The van der Waals surface area contributed by atoms with E-state index < -0.39 is 46.9 Å². The lowest BCUT2D eigenvalue weighted by Gasteiger charge is -2.36. The van der Waals surface area contributed by atoms with Crippen LogP contribution in [-0.4, -0.2) is 66.0 Å². The summed E-state index contributed by atoms with van der Waals surface area (Å²) >= 11 is 0. The first kappa shape index (κ1) is 26.2. The highest BCUT2D eigenvalue weighted by Crippen LogP contribution is 2.24. The second-order valence-corrected chi connectivity index (χ2v) is 6.82. The second kappa shape index (κ2) is 10.5. The quantitative estimate of drug-likeness (QED) is 0.103. The summed E-state index contributed by atoms with van der Waals surface area (Å²) in [6, 6.07) is 2.51. The Morgan fingerprint density at radius 3 is 2.19 bits per heavy atom. The van der Waals surface area contributed by atoms with Crippen molar-refractivity contribution in [3.8, 4) is 5.75 Å².